The van der Waals surface area contributed by atoms with E-state index in [0.29, 0.717) is 0 Å². The molecule has 66 valence electrons. The Kier molecular flexibility index (Phi) is 4.30. The third-order valence-corrected chi connectivity index (χ3v) is 3.96. The first-order valence-corrected chi connectivity index (χ1v) is 5.77. The molecule has 0 saturated carbocycles. The number of hydrogen-bond acceptors (Lipinski definition) is 0. The van der Waals surface area contributed by atoms with Crippen LogP contribution in [0.5, 0.6) is 0 Å². The van der Waals surface area contributed by atoms with E-state index < -0.39 is 0 Å². The SMILES string of the molecule is CCCCc1cccc(Br)c1Br. The number of hydrogen-bond donors (Lipinski definition) is 0. The molecule has 0 aliphatic rings. The average Bonchev–Trinajstić information content (AvgIpc) is 2.08. The molecule has 1 aromatic rings. The Bertz CT molecular complexity index is 256. The molecule has 0 heterocycles. The van der Waals surface area contributed by atoms with Gasteiger partial charge in [-0.15, -0.1) is 0 Å². The van der Waals surface area contributed by atoms with Crippen molar-refractivity contribution in [1.29, 1.82) is 0 Å². The highest BCUT2D eigenvalue weighted by Gasteiger charge is 2.01. The van der Waals surface area contributed by atoms with E-state index in [2.05, 4.69) is 57.0 Å². The molecule has 0 fully saturated rings. The normalized spacial score (nSPS) is 10.2. The summed E-state index contributed by atoms with van der Waals surface area (Å²) in [5, 5.41) is 0. The Morgan fingerprint density at radius 3 is 2.67 bits per heavy atom. The lowest BCUT2D eigenvalue weighted by Crippen LogP contribution is -1.86. The molecule has 0 saturated heterocycles. The zero-order valence-electron chi connectivity index (χ0n) is 7.11. The van der Waals surface area contributed by atoms with E-state index in [0.717, 1.165) is 10.9 Å². The highest BCUT2D eigenvalue weighted by Crippen LogP contribution is 2.27. The zero-order chi connectivity index (χ0) is 8.97. The summed E-state index contributed by atoms with van der Waals surface area (Å²) in [6.07, 6.45) is 3.67. The van der Waals surface area contributed by atoms with Gasteiger partial charge in [-0.25, -0.2) is 0 Å². The summed E-state index contributed by atoms with van der Waals surface area (Å²) in [7, 11) is 0. The van der Waals surface area contributed by atoms with Gasteiger partial charge in [0.2, 0.25) is 0 Å². The summed E-state index contributed by atoms with van der Waals surface area (Å²) >= 11 is 7.05. The van der Waals surface area contributed by atoms with Gasteiger partial charge >= 0.3 is 0 Å². The number of unbranched alkanes of at least 4 members (excludes halogenated alkanes) is 1. The standard InChI is InChI=1S/C10H12Br2/c1-2-3-5-8-6-4-7-9(11)10(8)12/h4,6-7H,2-3,5H2,1H3. The second-order valence-electron chi connectivity index (χ2n) is 2.82. The van der Waals surface area contributed by atoms with Crippen molar-refractivity contribution in [2.24, 2.45) is 0 Å². The van der Waals surface area contributed by atoms with Gasteiger partial charge in [-0.2, -0.15) is 0 Å². The minimum absolute atomic E-state index is 1.15. The van der Waals surface area contributed by atoms with Gasteiger partial charge in [-0.3, -0.25) is 0 Å². The van der Waals surface area contributed by atoms with Crippen LogP contribution in [0.25, 0.3) is 0 Å². The molecule has 12 heavy (non-hydrogen) atoms. The molecule has 0 aromatic heterocycles. The van der Waals surface area contributed by atoms with Crippen molar-refractivity contribution in [3.8, 4) is 0 Å². The highest BCUT2D eigenvalue weighted by atomic mass is 79.9. The smallest absolute Gasteiger partial charge is 0.0349 e. The molecule has 0 nitrogen and oxygen atoms in total. The molecule has 0 bridgehead atoms. The van der Waals surface area contributed by atoms with Crippen LogP contribution in [0.1, 0.15) is 25.3 Å². The minimum atomic E-state index is 1.15. The van der Waals surface area contributed by atoms with E-state index >= 15 is 0 Å². The van der Waals surface area contributed by atoms with E-state index in [1.165, 1.54) is 22.9 Å². The molecule has 0 atom stereocenters. The summed E-state index contributed by atoms with van der Waals surface area (Å²) in [4.78, 5) is 0. The van der Waals surface area contributed by atoms with E-state index in [9.17, 15) is 0 Å². The lowest BCUT2D eigenvalue weighted by molar-refractivity contribution is 0.792. The maximum Gasteiger partial charge on any atom is 0.0349 e. The third kappa shape index (κ3) is 2.60. The van der Waals surface area contributed by atoms with Crippen LogP contribution in [0.15, 0.2) is 27.1 Å². The predicted molar refractivity (Wildman–Crippen MR) is 60.5 cm³/mol. The van der Waals surface area contributed by atoms with Gasteiger partial charge in [0.25, 0.3) is 0 Å². The molecule has 0 aliphatic carbocycles. The van der Waals surface area contributed by atoms with Gasteiger partial charge < -0.3 is 0 Å². The average molecular weight is 292 g/mol. The van der Waals surface area contributed by atoms with Crippen molar-refractivity contribution < 1.29 is 0 Å². The largest absolute Gasteiger partial charge is 0.0654 e. The van der Waals surface area contributed by atoms with Crippen molar-refractivity contribution in [3.05, 3.63) is 32.7 Å². The molecular formula is C10H12Br2. The Morgan fingerprint density at radius 1 is 1.25 bits per heavy atom. The van der Waals surface area contributed by atoms with E-state index in [-0.39, 0.29) is 0 Å². The fourth-order valence-corrected chi connectivity index (χ4v) is 1.98. The third-order valence-electron chi connectivity index (χ3n) is 1.83. The fourth-order valence-electron chi connectivity index (χ4n) is 1.11. The van der Waals surface area contributed by atoms with E-state index in [1.54, 1.807) is 0 Å². The van der Waals surface area contributed by atoms with Crippen LogP contribution in [0.4, 0.5) is 0 Å². The molecule has 1 aromatic carbocycles. The quantitative estimate of drug-likeness (QED) is 0.766. The molecule has 0 spiro atoms. The van der Waals surface area contributed by atoms with Crippen molar-refractivity contribution in [2.75, 3.05) is 0 Å². The molecule has 2 heteroatoms. The Morgan fingerprint density at radius 2 is 2.00 bits per heavy atom. The molecule has 0 unspecified atom stereocenters. The lowest BCUT2D eigenvalue weighted by Gasteiger charge is -2.04. The number of halogens is 2. The summed E-state index contributed by atoms with van der Waals surface area (Å²) in [6.45, 7) is 2.21. The van der Waals surface area contributed by atoms with Crippen LogP contribution in [0, 0.1) is 0 Å². The summed E-state index contributed by atoms with van der Waals surface area (Å²) in [5.74, 6) is 0. The summed E-state index contributed by atoms with van der Waals surface area (Å²) in [6, 6.07) is 6.31. The van der Waals surface area contributed by atoms with E-state index in [4.69, 9.17) is 0 Å². The molecule has 0 radical (unpaired) electrons. The molecule has 0 aliphatic heterocycles. The van der Waals surface area contributed by atoms with Gasteiger partial charge in [0.05, 0.1) is 0 Å². The number of rotatable bonds is 3. The number of benzene rings is 1. The van der Waals surface area contributed by atoms with Crippen LogP contribution in [-0.2, 0) is 6.42 Å². The van der Waals surface area contributed by atoms with Crippen molar-refractivity contribution in [2.45, 2.75) is 26.2 Å². The van der Waals surface area contributed by atoms with Gasteiger partial charge in [-0.1, -0.05) is 25.5 Å². The fraction of sp³-hybridized carbons (Fsp3) is 0.400. The van der Waals surface area contributed by atoms with Crippen LogP contribution in [0.2, 0.25) is 0 Å². The lowest BCUT2D eigenvalue weighted by atomic mass is 10.1. The predicted octanol–water partition coefficient (Wildman–Crippen LogP) is 4.55. The van der Waals surface area contributed by atoms with Crippen LogP contribution < -0.4 is 0 Å². The first kappa shape index (κ1) is 10.3. The van der Waals surface area contributed by atoms with Gasteiger partial charge in [0.1, 0.15) is 0 Å². The summed E-state index contributed by atoms with van der Waals surface area (Å²) < 4.78 is 2.36. The monoisotopic (exact) mass is 290 g/mol. The van der Waals surface area contributed by atoms with Crippen molar-refractivity contribution in [3.63, 3.8) is 0 Å². The minimum Gasteiger partial charge on any atom is -0.0654 e. The van der Waals surface area contributed by atoms with Crippen molar-refractivity contribution >= 4 is 31.9 Å². The Balaban J connectivity index is 2.78. The maximum atomic E-state index is 3.56. The zero-order valence-corrected chi connectivity index (χ0v) is 10.3. The van der Waals surface area contributed by atoms with Gasteiger partial charge in [-0.05, 0) is 56.3 Å². The van der Waals surface area contributed by atoms with Crippen LogP contribution in [-0.4, -0.2) is 0 Å². The first-order valence-electron chi connectivity index (χ1n) is 4.18. The summed E-state index contributed by atoms with van der Waals surface area (Å²) in [5.41, 5.74) is 1.39. The Labute approximate surface area is 90.6 Å². The van der Waals surface area contributed by atoms with Gasteiger partial charge in [0, 0.05) is 8.95 Å². The second kappa shape index (κ2) is 5.03. The van der Waals surface area contributed by atoms with Crippen molar-refractivity contribution in [1.82, 2.24) is 0 Å². The molecular weight excluding hydrogens is 280 g/mol. The van der Waals surface area contributed by atoms with Crippen LogP contribution in [0.3, 0.4) is 0 Å². The molecule has 0 N–H and O–H groups in total. The van der Waals surface area contributed by atoms with Crippen LogP contribution >= 0.6 is 31.9 Å². The van der Waals surface area contributed by atoms with Gasteiger partial charge in [0.15, 0.2) is 0 Å². The topological polar surface area (TPSA) is 0 Å². The van der Waals surface area contributed by atoms with E-state index in [1.807, 2.05) is 0 Å². The highest BCUT2D eigenvalue weighted by molar-refractivity contribution is 9.13. The molecule has 1 rings (SSSR count). The Hall–Kier alpha value is 0.180. The maximum absolute atomic E-state index is 3.56. The second-order valence-corrected chi connectivity index (χ2v) is 4.46. The number of aryl methyl sites for hydroxylation is 1. The first-order chi connectivity index (χ1) is 5.75. The molecule has 0 amide bonds.